The van der Waals surface area contributed by atoms with Crippen LogP contribution in [0, 0.1) is 0 Å². The van der Waals surface area contributed by atoms with E-state index in [0.29, 0.717) is 11.1 Å². The van der Waals surface area contributed by atoms with Gasteiger partial charge in [-0.3, -0.25) is 14.6 Å². The molecule has 0 fully saturated rings. The highest BCUT2D eigenvalue weighted by atomic mass is 16.5. The van der Waals surface area contributed by atoms with Gasteiger partial charge in [0, 0.05) is 7.05 Å². The number of aryl methyl sites for hydroxylation is 1. The molecule has 1 aromatic carbocycles. The second-order valence-electron chi connectivity index (χ2n) is 2.88. The van der Waals surface area contributed by atoms with Crippen molar-refractivity contribution in [3.63, 3.8) is 0 Å². The summed E-state index contributed by atoms with van der Waals surface area (Å²) in [4.78, 5) is 11.3. The quantitative estimate of drug-likeness (QED) is 0.704. The van der Waals surface area contributed by atoms with Crippen LogP contribution >= 0.6 is 0 Å². The molecule has 0 amide bonds. The molecule has 4 nitrogen and oxygen atoms in total. The van der Waals surface area contributed by atoms with Crippen LogP contribution in [0.2, 0.25) is 0 Å². The fraction of sp³-hybridized carbons (Fsp3) is 0.222. The van der Waals surface area contributed by atoms with E-state index < -0.39 is 0 Å². The lowest BCUT2D eigenvalue weighted by Gasteiger charge is -1.98. The summed E-state index contributed by atoms with van der Waals surface area (Å²) in [5.74, 6) is 0.698. The number of benzene rings is 1. The molecule has 0 saturated carbocycles. The molecule has 0 atom stereocenters. The Morgan fingerprint density at radius 1 is 1.46 bits per heavy atom. The Labute approximate surface area is 74.7 Å². The molecule has 2 aromatic rings. The molecular weight excluding hydrogens is 168 g/mol. The molecule has 0 aliphatic heterocycles. The van der Waals surface area contributed by atoms with Gasteiger partial charge in [-0.15, -0.1) is 0 Å². The SMILES string of the molecule is COc1ccc2c(c1)c(=O)[nH]n2C. The van der Waals surface area contributed by atoms with Crippen molar-refractivity contribution in [1.29, 1.82) is 0 Å². The maximum atomic E-state index is 11.3. The number of ether oxygens (including phenoxy) is 1. The highest BCUT2D eigenvalue weighted by Crippen LogP contribution is 2.16. The van der Waals surface area contributed by atoms with Crippen LogP contribution in [0.15, 0.2) is 23.0 Å². The van der Waals surface area contributed by atoms with Crippen molar-refractivity contribution in [2.45, 2.75) is 0 Å². The Morgan fingerprint density at radius 2 is 2.23 bits per heavy atom. The zero-order chi connectivity index (χ0) is 9.42. The summed E-state index contributed by atoms with van der Waals surface area (Å²) in [6, 6.07) is 5.41. The van der Waals surface area contributed by atoms with E-state index in [1.807, 2.05) is 12.1 Å². The first-order chi connectivity index (χ1) is 6.22. The fourth-order valence-electron chi connectivity index (χ4n) is 1.39. The molecule has 0 aliphatic rings. The minimum absolute atomic E-state index is 0.0867. The second-order valence-corrected chi connectivity index (χ2v) is 2.88. The van der Waals surface area contributed by atoms with E-state index in [1.165, 1.54) is 0 Å². The number of nitrogens with zero attached hydrogens (tertiary/aromatic N) is 1. The first kappa shape index (κ1) is 7.91. The van der Waals surface area contributed by atoms with Gasteiger partial charge < -0.3 is 4.74 Å². The smallest absolute Gasteiger partial charge is 0.272 e. The zero-order valence-electron chi connectivity index (χ0n) is 7.50. The van der Waals surface area contributed by atoms with E-state index >= 15 is 0 Å². The van der Waals surface area contributed by atoms with Crippen molar-refractivity contribution >= 4 is 10.9 Å². The lowest BCUT2D eigenvalue weighted by Crippen LogP contribution is -2.01. The van der Waals surface area contributed by atoms with E-state index in [2.05, 4.69) is 5.10 Å². The molecule has 13 heavy (non-hydrogen) atoms. The van der Waals surface area contributed by atoms with Crippen LogP contribution < -0.4 is 10.3 Å². The third kappa shape index (κ3) is 1.11. The molecule has 0 spiro atoms. The van der Waals surface area contributed by atoms with Crippen LogP contribution in [0.4, 0.5) is 0 Å². The standard InChI is InChI=1S/C9H10N2O2/c1-11-8-4-3-6(13-2)5-7(8)9(12)10-11/h3-5H,1-2H3,(H,10,12). The van der Waals surface area contributed by atoms with Crippen molar-refractivity contribution in [2.75, 3.05) is 7.11 Å². The molecule has 2 rings (SSSR count). The Morgan fingerprint density at radius 3 is 2.92 bits per heavy atom. The summed E-state index contributed by atoms with van der Waals surface area (Å²) in [5, 5.41) is 3.33. The summed E-state index contributed by atoms with van der Waals surface area (Å²) in [7, 11) is 3.38. The van der Waals surface area contributed by atoms with Gasteiger partial charge in [-0.2, -0.15) is 0 Å². The summed E-state index contributed by atoms with van der Waals surface area (Å²) in [6.45, 7) is 0. The zero-order valence-corrected chi connectivity index (χ0v) is 7.50. The van der Waals surface area contributed by atoms with Gasteiger partial charge in [0.05, 0.1) is 18.0 Å². The number of methoxy groups -OCH3 is 1. The van der Waals surface area contributed by atoms with Gasteiger partial charge in [0.15, 0.2) is 0 Å². The number of H-pyrrole nitrogens is 1. The molecule has 68 valence electrons. The third-order valence-corrected chi connectivity index (χ3v) is 2.08. The number of hydrogen-bond donors (Lipinski definition) is 1. The van der Waals surface area contributed by atoms with Gasteiger partial charge in [0.1, 0.15) is 5.75 Å². The lowest BCUT2D eigenvalue weighted by atomic mass is 10.2. The van der Waals surface area contributed by atoms with Gasteiger partial charge in [-0.1, -0.05) is 0 Å². The average molecular weight is 178 g/mol. The molecule has 0 bridgehead atoms. The van der Waals surface area contributed by atoms with Crippen LogP contribution in [0.3, 0.4) is 0 Å². The van der Waals surface area contributed by atoms with E-state index in [0.717, 1.165) is 5.52 Å². The molecule has 0 aliphatic carbocycles. The van der Waals surface area contributed by atoms with Crippen LogP contribution in [-0.2, 0) is 7.05 Å². The molecule has 1 heterocycles. The van der Waals surface area contributed by atoms with E-state index in [-0.39, 0.29) is 5.56 Å². The minimum Gasteiger partial charge on any atom is -0.497 e. The maximum Gasteiger partial charge on any atom is 0.272 e. The van der Waals surface area contributed by atoms with Crippen LogP contribution in [-0.4, -0.2) is 16.9 Å². The summed E-state index contributed by atoms with van der Waals surface area (Å²) in [6.07, 6.45) is 0. The van der Waals surface area contributed by atoms with Gasteiger partial charge in [0.25, 0.3) is 5.56 Å². The fourth-order valence-corrected chi connectivity index (χ4v) is 1.39. The molecule has 1 N–H and O–H groups in total. The third-order valence-electron chi connectivity index (χ3n) is 2.08. The van der Waals surface area contributed by atoms with Gasteiger partial charge in [-0.05, 0) is 18.2 Å². The van der Waals surface area contributed by atoms with Gasteiger partial charge in [-0.25, -0.2) is 0 Å². The molecule has 0 saturated heterocycles. The summed E-state index contributed by atoms with van der Waals surface area (Å²) >= 11 is 0. The average Bonchev–Trinajstić information content (AvgIpc) is 2.42. The Hall–Kier alpha value is -1.71. The van der Waals surface area contributed by atoms with E-state index in [1.54, 1.807) is 24.9 Å². The first-order valence-corrected chi connectivity index (χ1v) is 3.95. The largest absolute Gasteiger partial charge is 0.497 e. The first-order valence-electron chi connectivity index (χ1n) is 3.95. The highest BCUT2D eigenvalue weighted by molar-refractivity contribution is 5.79. The van der Waals surface area contributed by atoms with Crippen molar-refractivity contribution in [3.8, 4) is 5.75 Å². The van der Waals surface area contributed by atoms with Crippen LogP contribution in [0.1, 0.15) is 0 Å². The van der Waals surface area contributed by atoms with Crippen molar-refractivity contribution in [3.05, 3.63) is 28.6 Å². The maximum absolute atomic E-state index is 11.3. The predicted octanol–water partition coefficient (Wildman–Crippen LogP) is 0.875. The Bertz CT molecular complexity index is 496. The highest BCUT2D eigenvalue weighted by Gasteiger charge is 2.04. The van der Waals surface area contributed by atoms with Gasteiger partial charge in [0.2, 0.25) is 0 Å². The topological polar surface area (TPSA) is 47.0 Å². The molecule has 4 heteroatoms. The number of rotatable bonds is 1. The number of fused-ring (bicyclic) bond motifs is 1. The number of hydrogen-bond acceptors (Lipinski definition) is 2. The molecule has 0 radical (unpaired) electrons. The Kier molecular flexibility index (Phi) is 1.62. The monoisotopic (exact) mass is 178 g/mol. The predicted molar refractivity (Wildman–Crippen MR) is 50.1 cm³/mol. The normalized spacial score (nSPS) is 10.6. The molecule has 0 unspecified atom stereocenters. The summed E-state index contributed by atoms with van der Waals surface area (Å²) < 4.78 is 6.72. The van der Waals surface area contributed by atoms with Crippen LogP contribution in [0.25, 0.3) is 10.9 Å². The van der Waals surface area contributed by atoms with E-state index in [4.69, 9.17) is 4.74 Å². The number of aromatic nitrogens is 2. The van der Waals surface area contributed by atoms with Crippen LogP contribution in [0.5, 0.6) is 5.75 Å². The van der Waals surface area contributed by atoms with Crippen molar-refractivity contribution in [1.82, 2.24) is 9.78 Å². The van der Waals surface area contributed by atoms with E-state index in [9.17, 15) is 4.79 Å². The molecular formula is C9H10N2O2. The van der Waals surface area contributed by atoms with Gasteiger partial charge >= 0.3 is 0 Å². The number of nitrogens with one attached hydrogen (secondary N) is 1. The number of aromatic amines is 1. The lowest BCUT2D eigenvalue weighted by molar-refractivity contribution is 0.415. The summed E-state index contributed by atoms with van der Waals surface area (Å²) in [5.41, 5.74) is 0.794. The Balaban J connectivity index is 2.84. The molecule has 1 aromatic heterocycles. The van der Waals surface area contributed by atoms with Crippen molar-refractivity contribution < 1.29 is 4.74 Å². The second kappa shape index (κ2) is 2.65. The van der Waals surface area contributed by atoms with Crippen molar-refractivity contribution in [2.24, 2.45) is 7.05 Å². The minimum atomic E-state index is -0.0867.